The van der Waals surface area contributed by atoms with Crippen molar-refractivity contribution in [2.75, 3.05) is 12.0 Å². The number of benzene rings is 1. The average Bonchev–Trinajstić information content (AvgIpc) is 2.64. The summed E-state index contributed by atoms with van der Waals surface area (Å²) in [6.45, 7) is 0. The van der Waals surface area contributed by atoms with E-state index in [9.17, 15) is 0 Å². The number of aromatic nitrogens is 1. The van der Waals surface area contributed by atoms with E-state index in [-0.39, 0.29) is 0 Å². The minimum absolute atomic E-state index is 0.329. The Labute approximate surface area is 100 Å². The molecule has 0 radical (unpaired) electrons. The molecule has 0 atom stereocenters. The van der Waals surface area contributed by atoms with Crippen LogP contribution in [0.15, 0.2) is 38.2 Å². The van der Waals surface area contributed by atoms with Crippen molar-refractivity contribution in [3.63, 3.8) is 0 Å². The van der Waals surface area contributed by atoms with E-state index in [0.29, 0.717) is 5.88 Å². The summed E-state index contributed by atoms with van der Waals surface area (Å²) in [4.78, 5) is 1.17. The molecule has 1 aromatic carbocycles. The molecule has 0 amide bonds. The van der Waals surface area contributed by atoms with Crippen LogP contribution in [0, 0.1) is 0 Å². The molecule has 0 saturated heterocycles. The monoisotopic (exact) mass is 284 g/mol. The average molecular weight is 285 g/mol. The molecule has 0 bridgehead atoms. The van der Waals surface area contributed by atoms with Crippen molar-refractivity contribution in [3.8, 4) is 11.3 Å². The second-order valence-electron chi connectivity index (χ2n) is 2.99. The summed E-state index contributed by atoms with van der Waals surface area (Å²) in [5.41, 5.74) is 7.23. The van der Waals surface area contributed by atoms with E-state index in [1.54, 1.807) is 17.8 Å². The summed E-state index contributed by atoms with van der Waals surface area (Å²) < 4.78 is 5.86. The number of thioether (sulfide) groups is 1. The first-order valence-electron chi connectivity index (χ1n) is 4.26. The Morgan fingerprint density at radius 3 is 2.73 bits per heavy atom. The molecule has 0 aliphatic heterocycles. The Bertz CT molecular complexity index is 484. The molecule has 0 fully saturated rings. The van der Waals surface area contributed by atoms with E-state index < -0.39 is 0 Å². The van der Waals surface area contributed by atoms with E-state index >= 15 is 0 Å². The van der Waals surface area contributed by atoms with Crippen LogP contribution in [0.3, 0.4) is 0 Å². The van der Waals surface area contributed by atoms with Crippen LogP contribution in [0.1, 0.15) is 0 Å². The fourth-order valence-corrected chi connectivity index (χ4v) is 2.39. The van der Waals surface area contributed by atoms with E-state index in [0.717, 1.165) is 15.7 Å². The van der Waals surface area contributed by atoms with Gasteiger partial charge in [0.25, 0.3) is 0 Å². The lowest BCUT2D eigenvalue weighted by molar-refractivity contribution is 0.439. The molecule has 0 aliphatic carbocycles. The van der Waals surface area contributed by atoms with Crippen LogP contribution < -0.4 is 5.73 Å². The van der Waals surface area contributed by atoms with Crippen LogP contribution in [0.5, 0.6) is 0 Å². The fourth-order valence-electron chi connectivity index (χ4n) is 1.25. The zero-order valence-corrected chi connectivity index (χ0v) is 10.4. The van der Waals surface area contributed by atoms with Crippen LogP contribution in [0.2, 0.25) is 0 Å². The lowest BCUT2D eigenvalue weighted by atomic mass is 10.1. The smallest absolute Gasteiger partial charge is 0.222 e. The molecule has 1 heterocycles. The first kappa shape index (κ1) is 10.6. The Morgan fingerprint density at radius 2 is 2.13 bits per heavy atom. The predicted octanol–water partition coefficient (Wildman–Crippen LogP) is 3.41. The van der Waals surface area contributed by atoms with Crippen molar-refractivity contribution >= 4 is 33.6 Å². The third kappa shape index (κ3) is 2.35. The Hall–Kier alpha value is -0.940. The third-order valence-corrected chi connectivity index (χ3v) is 3.10. The molecule has 0 spiro atoms. The molecule has 15 heavy (non-hydrogen) atoms. The topological polar surface area (TPSA) is 52.0 Å². The van der Waals surface area contributed by atoms with Crippen molar-refractivity contribution in [2.24, 2.45) is 0 Å². The van der Waals surface area contributed by atoms with Crippen LogP contribution >= 0.6 is 27.7 Å². The number of nitrogens with zero attached hydrogens (tertiary/aromatic N) is 1. The van der Waals surface area contributed by atoms with Crippen molar-refractivity contribution in [2.45, 2.75) is 4.90 Å². The Balaban J connectivity index is 2.48. The number of anilines is 1. The number of nitrogens with two attached hydrogens (primary N) is 1. The van der Waals surface area contributed by atoms with Gasteiger partial charge in [0.15, 0.2) is 0 Å². The Morgan fingerprint density at radius 1 is 1.33 bits per heavy atom. The lowest BCUT2D eigenvalue weighted by Crippen LogP contribution is -1.80. The molecular weight excluding hydrogens is 276 g/mol. The van der Waals surface area contributed by atoms with Crippen LogP contribution in [0.4, 0.5) is 5.88 Å². The van der Waals surface area contributed by atoms with Crippen molar-refractivity contribution in [1.82, 2.24) is 5.16 Å². The van der Waals surface area contributed by atoms with Gasteiger partial charge in [0.05, 0.1) is 0 Å². The largest absolute Gasteiger partial charge is 0.368 e. The van der Waals surface area contributed by atoms with Crippen molar-refractivity contribution in [3.05, 3.63) is 28.7 Å². The standard InChI is InChI=1S/C10H9BrN2OS/c1-15-8-3-6(2-7(11)4-8)9-5-10(12)14-13-9/h2-5H,12H2,1H3. The minimum atomic E-state index is 0.329. The summed E-state index contributed by atoms with van der Waals surface area (Å²) in [5, 5.41) is 3.87. The highest BCUT2D eigenvalue weighted by molar-refractivity contribution is 9.10. The van der Waals surface area contributed by atoms with Gasteiger partial charge in [-0.15, -0.1) is 11.8 Å². The predicted molar refractivity (Wildman–Crippen MR) is 65.8 cm³/mol. The summed E-state index contributed by atoms with van der Waals surface area (Å²) >= 11 is 5.13. The van der Waals surface area contributed by atoms with Crippen LogP contribution in [0.25, 0.3) is 11.3 Å². The maximum Gasteiger partial charge on any atom is 0.222 e. The summed E-state index contributed by atoms with van der Waals surface area (Å²) in [6.07, 6.45) is 2.03. The maximum atomic E-state index is 5.48. The van der Waals surface area contributed by atoms with Gasteiger partial charge < -0.3 is 10.3 Å². The fraction of sp³-hybridized carbons (Fsp3) is 0.100. The molecule has 2 N–H and O–H groups in total. The normalized spacial score (nSPS) is 10.5. The first-order chi connectivity index (χ1) is 7.19. The molecule has 2 rings (SSSR count). The SMILES string of the molecule is CSc1cc(Br)cc(-c2cc(N)on2)c1. The highest BCUT2D eigenvalue weighted by Gasteiger charge is 2.06. The maximum absolute atomic E-state index is 5.48. The van der Waals surface area contributed by atoms with Gasteiger partial charge in [0.1, 0.15) is 5.69 Å². The zero-order valence-electron chi connectivity index (χ0n) is 8.03. The van der Waals surface area contributed by atoms with Crippen LogP contribution in [-0.2, 0) is 0 Å². The summed E-state index contributed by atoms with van der Waals surface area (Å²) in [5.74, 6) is 0.329. The lowest BCUT2D eigenvalue weighted by Gasteiger charge is -2.01. The minimum Gasteiger partial charge on any atom is -0.368 e. The third-order valence-electron chi connectivity index (χ3n) is 1.93. The van der Waals surface area contributed by atoms with Gasteiger partial charge in [-0.2, -0.15) is 0 Å². The van der Waals surface area contributed by atoms with E-state index in [4.69, 9.17) is 10.3 Å². The number of hydrogen-bond acceptors (Lipinski definition) is 4. The number of nitrogen functional groups attached to an aromatic ring is 1. The zero-order chi connectivity index (χ0) is 10.8. The van der Waals surface area contributed by atoms with Gasteiger partial charge in [-0.05, 0) is 24.5 Å². The highest BCUT2D eigenvalue weighted by Crippen LogP contribution is 2.29. The summed E-state index contributed by atoms with van der Waals surface area (Å²) in [7, 11) is 0. The Kier molecular flexibility index (Phi) is 3.02. The molecule has 0 saturated carbocycles. The first-order valence-corrected chi connectivity index (χ1v) is 6.28. The van der Waals surface area contributed by atoms with Crippen molar-refractivity contribution < 1.29 is 4.52 Å². The molecule has 3 nitrogen and oxygen atoms in total. The van der Waals surface area contributed by atoms with E-state index in [1.807, 2.05) is 18.4 Å². The van der Waals surface area contributed by atoms with Crippen molar-refractivity contribution in [1.29, 1.82) is 0 Å². The number of hydrogen-bond donors (Lipinski definition) is 1. The number of rotatable bonds is 2. The van der Waals surface area contributed by atoms with Gasteiger partial charge in [-0.3, -0.25) is 0 Å². The number of halogens is 1. The summed E-state index contributed by atoms with van der Waals surface area (Å²) in [6, 6.07) is 7.80. The quantitative estimate of drug-likeness (QED) is 0.859. The van der Waals surface area contributed by atoms with Gasteiger partial charge in [-0.1, -0.05) is 21.1 Å². The second kappa shape index (κ2) is 4.28. The molecule has 2 aromatic rings. The van der Waals surface area contributed by atoms with Gasteiger partial charge >= 0.3 is 0 Å². The van der Waals surface area contributed by atoms with Gasteiger partial charge in [-0.25, -0.2) is 0 Å². The molecular formula is C10H9BrN2OS. The molecule has 5 heteroatoms. The molecule has 0 aliphatic rings. The highest BCUT2D eigenvalue weighted by atomic mass is 79.9. The van der Waals surface area contributed by atoms with E-state index in [2.05, 4.69) is 27.2 Å². The van der Waals surface area contributed by atoms with E-state index in [1.165, 1.54) is 4.90 Å². The van der Waals surface area contributed by atoms with Gasteiger partial charge in [0.2, 0.25) is 5.88 Å². The second-order valence-corrected chi connectivity index (χ2v) is 4.79. The molecule has 1 aromatic heterocycles. The van der Waals surface area contributed by atoms with Gasteiger partial charge in [0, 0.05) is 21.0 Å². The van der Waals surface area contributed by atoms with Crippen LogP contribution in [-0.4, -0.2) is 11.4 Å². The molecule has 78 valence electrons. The molecule has 0 unspecified atom stereocenters.